The Labute approximate surface area is 132 Å². The molecule has 1 aliphatic rings. The number of aryl methyl sites for hydroxylation is 1. The van der Waals surface area contributed by atoms with Gasteiger partial charge in [-0.2, -0.15) is 4.31 Å². The minimum absolute atomic E-state index is 0.0310. The molecule has 5 nitrogen and oxygen atoms in total. The van der Waals surface area contributed by atoms with Crippen molar-refractivity contribution in [2.75, 3.05) is 0 Å². The van der Waals surface area contributed by atoms with Crippen molar-refractivity contribution in [2.24, 2.45) is 0 Å². The summed E-state index contributed by atoms with van der Waals surface area (Å²) < 4.78 is 25.8. The van der Waals surface area contributed by atoms with Crippen LogP contribution in [0.5, 0.6) is 0 Å². The minimum Gasteiger partial charge on any atom is -0.267 e. The van der Waals surface area contributed by atoms with Crippen LogP contribution in [0.2, 0.25) is 5.02 Å². The predicted octanol–water partition coefficient (Wildman–Crippen LogP) is 2.63. The Morgan fingerprint density at radius 2 is 1.45 bits per heavy atom. The zero-order chi connectivity index (χ0) is 16.1. The van der Waals surface area contributed by atoms with E-state index in [1.54, 1.807) is 31.2 Å². The fourth-order valence-corrected chi connectivity index (χ4v) is 4.54. The minimum atomic E-state index is -4.36. The first-order valence-electron chi connectivity index (χ1n) is 6.34. The summed E-state index contributed by atoms with van der Waals surface area (Å²) in [5.41, 5.74) is 0.505. The van der Waals surface area contributed by atoms with Crippen molar-refractivity contribution in [2.45, 2.75) is 11.8 Å². The Morgan fingerprint density at radius 3 is 1.95 bits per heavy atom. The van der Waals surface area contributed by atoms with Gasteiger partial charge in [0.2, 0.25) is 0 Å². The summed E-state index contributed by atoms with van der Waals surface area (Å²) in [6, 6.07) is 10.5. The summed E-state index contributed by atoms with van der Waals surface area (Å²) in [5.74, 6) is -1.72. The summed E-state index contributed by atoms with van der Waals surface area (Å²) in [4.78, 5) is 24.4. The van der Waals surface area contributed by atoms with Crippen LogP contribution in [0, 0.1) is 6.92 Å². The third-order valence-corrected chi connectivity index (χ3v) is 5.72. The smallest absolute Gasteiger partial charge is 0.267 e. The monoisotopic (exact) mass is 335 g/mol. The number of hydrogen-bond donors (Lipinski definition) is 0. The maximum absolute atomic E-state index is 12.8. The highest BCUT2D eigenvalue weighted by atomic mass is 35.5. The number of halogens is 1. The number of carbonyl (C=O) groups is 2. The molecule has 0 saturated carbocycles. The van der Waals surface area contributed by atoms with Crippen molar-refractivity contribution >= 4 is 33.4 Å². The molecule has 0 bridgehead atoms. The maximum Gasteiger partial charge on any atom is 0.275 e. The molecular weight excluding hydrogens is 326 g/mol. The van der Waals surface area contributed by atoms with Crippen molar-refractivity contribution in [1.29, 1.82) is 0 Å². The van der Waals surface area contributed by atoms with Crippen LogP contribution in [0.1, 0.15) is 26.3 Å². The molecule has 0 unspecified atom stereocenters. The van der Waals surface area contributed by atoms with E-state index in [1.807, 2.05) is 0 Å². The van der Waals surface area contributed by atoms with Gasteiger partial charge in [0.05, 0.1) is 16.1 Å². The number of amides is 2. The number of imide groups is 1. The van der Waals surface area contributed by atoms with Crippen molar-refractivity contribution in [3.63, 3.8) is 0 Å². The van der Waals surface area contributed by atoms with E-state index in [-0.39, 0.29) is 25.4 Å². The van der Waals surface area contributed by atoms with Gasteiger partial charge in [0.15, 0.2) is 0 Å². The number of fused-ring (bicyclic) bond motifs is 1. The highest BCUT2D eigenvalue weighted by molar-refractivity contribution is 7.90. The average Bonchev–Trinajstić information content (AvgIpc) is 2.71. The predicted molar refractivity (Wildman–Crippen MR) is 80.3 cm³/mol. The second-order valence-corrected chi connectivity index (χ2v) is 6.94. The number of nitrogens with zero attached hydrogens (tertiary/aromatic N) is 1. The van der Waals surface area contributed by atoms with Crippen LogP contribution in [0.15, 0.2) is 47.4 Å². The first-order chi connectivity index (χ1) is 10.4. The van der Waals surface area contributed by atoms with Crippen molar-refractivity contribution < 1.29 is 18.0 Å². The Balaban J connectivity index is 2.21. The molecule has 2 amide bonds. The molecule has 0 N–H and O–H groups in total. The lowest BCUT2D eigenvalue weighted by atomic mass is 10.1. The quantitative estimate of drug-likeness (QED) is 0.791. The molecule has 0 fully saturated rings. The summed E-state index contributed by atoms with van der Waals surface area (Å²) in [6.45, 7) is 1.55. The molecule has 0 saturated heterocycles. The Bertz CT molecular complexity index is 866. The lowest BCUT2D eigenvalue weighted by Gasteiger charge is -2.17. The summed E-state index contributed by atoms with van der Waals surface area (Å²) in [6.07, 6.45) is 0. The third-order valence-electron chi connectivity index (χ3n) is 3.42. The van der Waals surface area contributed by atoms with Gasteiger partial charge in [0, 0.05) is 0 Å². The van der Waals surface area contributed by atoms with E-state index in [0.29, 0.717) is 5.56 Å². The highest BCUT2D eigenvalue weighted by Crippen LogP contribution is 2.33. The summed E-state index contributed by atoms with van der Waals surface area (Å²) >= 11 is 5.97. The van der Waals surface area contributed by atoms with E-state index in [0.717, 1.165) is 0 Å². The molecule has 1 aliphatic heterocycles. The molecule has 1 heterocycles. The van der Waals surface area contributed by atoms with Crippen LogP contribution in [-0.2, 0) is 10.0 Å². The molecule has 112 valence electrons. The normalized spacial score (nSPS) is 14.4. The van der Waals surface area contributed by atoms with E-state index < -0.39 is 21.8 Å². The van der Waals surface area contributed by atoms with Crippen molar-refractivity contribution in [3.8, 4) is 0 Å². The molecule has 0 radical (unpaired) electrons. The van der Waals surface area contributed by atoms with Crippen molar-refractivity contribution in [3.05, 3.63) is 64.2 Å². The molecule has 3 rings (SSSR count). The van der Waals surface area contributed by atoms with Gasteiger partial charge in [-0.05, 0) is 30.7 Å². The summed E-state index contributed by atoms with van der Waals surface area (Å²) in [7, 11) is -4.36. The standard InChI is InChI=1S/C15H10ClNO4S/c1-9-5-4-8-12(16)13(9)22(20,21)17-14(18)10-6-2-3-7-11(10)15(17)19/h2-8H,1H3. The fraction of sp³-hybridized carbons (Fsp3) is 0.0667. The zero-order valence-electron chi connectivity index (χ0n) is 11.4. The van der Waals surface area contributed by atoms with Gasteiger partial charge >= 0.3 is 0 Å². The number of sulfonamides is 1. The van der Waals surface area contributed by atoms with E-state index >= 15 is 0 Å². The molecule has 0 spiro atoms. The van der Waals surface area contributed by atoms with Gasteiger partial charge < -0.3 is 0 Å². The van der Waals surface area contributed by atoms with Gasteiger partial charge in [-0.25, -0.2) is 8.42 Å². The van der Waals surface area contributed by atoms with Gasteiger partial charge in [-0.15, -0.1) is 0 Å². The van der Waals surface area contributed by atoms with E-state index in [2.05, 4.69) is 0 Å². The largest absolute Gasteiger partial charge is 0.275 e. The number of hydrogen-bond acceptors (Lipinski definition) is 4. The van der Waals surface area contributed by atoms with Crippen LogP contribution in [0.3, 0.4) is 0 Å². The maximum atomic E-state index is 12.8. The Kier molecular flexibility index (Phi) is 3.30. The Hall–Kier alpha value is -2.18. The number of rotatable bonds is 2. The first kappa shape index (κ1) is 14.7. The Morgan fingerprint density at radius 1 is 0.909 bits per heavy atom. The van der Waals surface area contributed by atoms with Crippen LogP contribution >= 0.6 is 11.6 Å². The molecule has 2 aromatic carbocycles. The fourth-order valence-electron chi connectivity index (χ4n) is 2.42. The zero-order valence-corrected chi connectivity index (χ0v) is 13.0. The molecule has 2 aromatic rings. The lowest BCUT2D eigenvalue weighted by molar-refractivity contribution is 0.0765. The van der Waals surface area contributed by atoms with E-state index in [9.17, 15) is 18.0 Å². The van der Waals surface area contributed by atoms with Gasteiger partial charge in [-0.3, -0.25) is 9.59 Å². The molecule has 0 atom stereocenters. The van der Waals surface area contributed by atoms with E-state index in [4.69, 9.17) is 11.6 Å². The van der Waals surface area contributed by atoms with Crippen LogP contribution in [-0.4, -0.2) is 24.5 Å². The number of carbonyl (C=O) groups excluding carboxylic acids is 2. The molecule has 7 heteroatoms. The molecule has 0 aromatic heterocycles. The second-order valence-electron chi connectivity index (χ2n) is 4.81. The van der Waals surface area contributed by atoms with Crippen LogP contribution < -0.4 is 0 Å². The first-order valence-corrected chi connectivity index (χ1v) is 8.15. The molecule has 22 heavy (non-hydrogen) atoms. The average molecular weight is 336 g/mol. The second kappa shape index (κ2) is 4.93. The van der Waals surface area contributed by atoms with Crippen LogP contribution in [0.25, 0.3) is 0 Å². The van der Waals surface area contributed by atoms with Crippen LogP contribution in [0.4, 0.5) is 0 Å². The molecular formula is C15H10ClNO4S. The van der Waals surface area contributed by atoms with Gasteiger partial charge in [-0.1, -0.05) is 35.9 Å². The van der Waals surface area contributed by atoms with Crippen molar-refractivity contribution in [1.82, 2.24) is 4.31 Å². The third kappa shape index (κ3) is 1.95. The van der Waals surface area contributed by atoms with Gasteiger partial charge in [0.1, 0.15) is 4.90 Å². The topological polar surface area (TPSA) is 71.5 Å². The van der Waals surface area contributed by atoms with Gasteiger partial charge in [0.25, 0.3) is 21.8 Å². The number of benzene rings is 2. The lowest BCUT2D eigenvalue weighted by Crippen LogP contribution is -2.36. The van der Waals surface area contributed by atoms with E-state index in [1.165, 1.54) is 18.2 Å². The molecule has 0 aliphatic carbocycles. The summed E-state index contributed by atoms with van der Waals surface area (Å²) in [5, 5.41) is -0.0310. The SMILES string of the molecule is Cc1cccc(Cl)c1S(=O)(=O)N1C(=O)c2ccccc2C1=O. The highest BCUT2D eigenvalue weighted by Gasteiger charge is 2.44.